The van der Waals surface area contributed by atoms with Crippen molar-refractivity contribution < 1.29 is 4.79 Å². The van der Waals surface area contributed by atoms with Crippen molar-refractivity contribution in [3.8, 4) is 0 Å². The monoisotopic (exact) mass is 257 g/mol. The van der Waals surface area contributed by atoms with Gasteiger partial charge in [-0.2, -0.15) is 0 Å². The molecule has 0 radical (unpaired) electrons. The maximum Gasteiger partial charge on any atom is 0.225 e. The van der Waals surface area contributed by atoms with Crippen LogP contribution in [0.15, 0.2) is 18.3 Å². The van der Waals surface area contributed by atoms with E-state index in [0.29, 0.717) is 11.8 Å². The number of carbonyl (C=O) groups is 1. The predicted molar refractivity (Wildman–Crippen MR) is 73.1 cm³/mol. The van der Waals surface area contributed by atoms with Gasteiger partial charge in [0.2, 0.25) is 5.91 Å². The van der Waals surface area contributed by atoms with Crippen molar-refractivity contribution in [2.24, 2.45) is 5.92 Å². The summed E-state index contributed by atoms with van der Waals surface area (Å²) in [7, 11) is 2.13. The molecule has 1 aliphatic carbocycles. The molecule has 1 saturated heterocycles. The highest BCUT2D eigenvalue weighted by atomic mass is 16.2. The van der Waals surface area contributed by atoms with Crippen LogP contribution in [-0.4, -0.2) is 42.5 Å². The molecule has 1 spiro atoms. The van der Waals surface area contributed by atoms with Crippen LogP contribution in [0.25, 0.3) is 0 Å². The van der Waals surface area contributed by atoms with Gasteiger partial charge in [-0.25, -0.2) is 0 Å². The first kappa shape index (κ1) is 11.3. The topological polar surface area (TPSA) is 36.4 Å². The minimum atomic E-state index is 0.0793. The molecule has 1 aromatic heterocycles. The Balaban J connectivity index is 1.64. The van der Waals surface area contributed by atoms with Crippen molar-refractivity contribution in [2.75, 3.05) is 31.6 Å². The Bertz CT molecular complexity index is 540. The van der Waals surface area contributed by atoms with E-state index in [2.05, 4.69) is 27.9 Å². The first-order valence-electron chi connectivity index (χ1n) is 7.15. The number of hydrogen-bond donors (Lipinski definition) is 0. The van der Waals surface area contributed by atoms with E-state index < -0.39 is 0 Å². The number of carbonyl (C=O) groups excluding carboxylic acids is 1. The summed E-state index contributed by atoms with van der Waals surface area (Å²) in [5, 5.41) is 0. The molecule has 1 aromatic rings. The lowest BCUT2D eigenvalue weighted by Gasteiger charge is -2.24. The maximum absolute atomic E-state index is 12.2. The quantitative estimate of drug-likeness (QED) is 0.763. The number of hydrogen-bond acceptors (Lipinski definition) is 3. The molecule has 2 aliphatic heterocycles. The molecular formula is C15H19N3O. The molecule has 0 N–H and O–H groups in total. The SMILES string of the molecule is CN1C[C@]2(CCN(C(=O)C3CC3)C2)c2ncccc21. The van der Waals surface area contributed by atoms with Crippen molar-refractivity contribution in [1.29, 1.82) is 0 Å². The summed E-state index contributed by atoms with van der Waals surface area (Å²) in [5.41, 5.74) is 2.52. The van der Waals surface area contributed by atoms with Gasteiger partial charge >= 0.3 is 0 Å². The molecule has 0 unspecified atom stereocenters. The molecule has 2 fully saturated rings. The van der Waals surface area contributed by atoms with E-state index >= 15 is 0 Å². The van der Waals surface area contributed by atoms with Crippen LogP contribution in [0.4, 0.5) is 5.69 Å². The van der Waals surface area contributed by atoms with Gasteiger partial charge in [-0.1, -0.05) is 0 Å². The van der Waals surface area contributed by atoms with Gasteiger partial charge in [0.15, 0.2) is 0 Å². The van der Waals surface area contributed by atoms with E-state index in [9.17, 15) is 4.79 Å². The molecule has 1 saturated carbocycles. The Morgan fingerprint density at radius 2 is 2.26 bits per heavy atom. The van der Waals surface area contributed by atoms with E-state index in [1.54, 1.807) is 0 Å². The van der Waals surface area contributed by atoms with Crippen LogP contribution in [-0.2, 0) is 10.2 Å². The standard InChI is InChI=1S/C15H19N3O/c1-17-9-15(13-12(17)3-2-7-16-13)6-8-18(10-15)14(19)11-4-5-11/h2-3,7,11H,4-6,8-10H2,1H3/t15-/m0/s1. The van der Waals surface area contributed by atoms with Crippen LogP contribution in [0.5, 0.6) is 0 Å². The van der Waals surface area contributed by atoms with Crippen LogP contribution >= 0.6 is 0 Å². The van der Waals surface area contributed by atoms with Crippen molar-refractivity contribution in [3.63, 3.8) is 0 Å². The molecule has 4 rings (SSSR count). The fourth-order valence-electron chi connectivity index (χ4n) is 3.70. The van der Waals surface area contributed by atoms with Crippen LogP contribution in [0.2, 0.25) is 0 Å². The normalized spacial score (nSPS) is 29.1. The molecule has 4 nitrogen and oxygen atoms in total. The molecule has 19 heavy (non-hydrogen) atoms. The number of pyridine rings is 1. The molecule has 1 amide bonds. The molecule has 1 atom stereocenters. The van der Waals surface area contributed by atoms with Crippen molar-refractivity contribution in [1.82, 2.24) is 9.88 Å². The Labute approximate surface area is 113 Å². The molecule has 3 heterocycles. The van der Waals surface area contributed by atoms with E-state index in [0.717, 1.165) is 38.9 Å². The molecule has 0 bridgehead atoms. The van der Waals surface area contributed by atoms with Gasteiger partial charge in [0.05, 0.1) is 16.8 Å². The average Bonchev–Trinajstić information content (AvgIpc) is 3.14. The first-order valence-corrected chi connectivity index (χ1v) is 7.15. The zero-order valence-electron chi connectivity index (χ0n) is 11.3. The fourth-order valence-corrected chi connectivity index (χ4v) is 3.70. The number of nitrogens with zero attached hydrogens (tertiary/aromatic N) is 3. The van der Waals surface area contributed by atoms with Gasteiger partial charge in [0.25, 0.3) is 0 Å². The van der Waals surface area contributed by atoms with Crippen LogP contribution in [0.1, 0.15) is 25.0 Å². The second kappa shape index (κ2) is 3.71. The number of aromatic nitrogens is 1. The third-order valence-corrected chi connectivity index (χ3v) is 4.83. The van der Waals surface area contributed by atoms with E-state index in [4.69, 9.17) is 0 Å². The number of fused-ring (bicyclic) bond motifs is 2. The Morgan fingerprint density at radius 1 is 1.42 bits per heavy atom. The smallest absolute Gasteiger partial charge is 0.225 e. The summed E-state index contributed by atoms with van der Waals surface area (Å²) in [4.78, 5) is 21.2. The third-order valence-electron chi connectivity index (χ3n) is 4.83. The average molecular weight is 257 g/mol. The summed E-state index contributed by atoms with van der Waals surface area (Å²) in [6.45, 7) is 2.75. The van der Waals surface area contributed by atoms with Crippen molar-refractivity contribution in [3.05, 3.63) is 24.0 Å². The highest BCUT2D eigenvalue weighted by Gasteiger charge is 2.50. The van der Waals surface area contributed by atoms with Crippen molar-refractivity contribution in [2.45, 2.75) is 24.7 Å². The lowest BCUT2D eigenvalue weighted by molar-refractivity contribution is -0.131. The Kier molecular flexibility index (Phi) is 2.20. The summed E-state index contributed by atoms with van der Waals surface area (Å²) in [6.07, 6.45) is 5.12. The number of rotatable bonds is 1. The minimum absolute atomic E-state index is 0.0793. The lowest BCUT2D eigenvalue weighted by Crippen LogP contribution is -2.38. The van der Waals surface area contributed by atoms with Gasteiger partial charge in [-0.3, -0.25) is 9.78 Å². The van der Waals surface area contributed by atoms with Gasteiger partial charge in [0.1, 0.15) is 0 Å². The lowest BCUT2D eigenvalue weighted by atomic mass is 9.85. The zero-order valence-corrected chi connectivity index (χ0v) is 11.3. The van der Waals surface area contributed by atoms with Crippen LogP contribution in [0, 0.1) is 5.92 Å². The first-order chi connectivity index (χ1) is 9.20. The molecule has 4 heteroatoms. The zero-order chi connectivity index (χ0) is 13.0. The van der Waals surface area contributed by atoms with Gasteiger partial charge in [-0.05, 0) is 31.4 Å². The summed E-state index contributed by atoms with van der Waals surface area (Å²) < 4.78 is 0. The fraction of sp³-hybridized carbons (Fsp3) is 0.600. The number of amides is 1. The Morgan fingerprint density at radius 3 is 3.05 bits per heavy atom. The molecular weight excluding hydrogens is 238 g/mol. The summed E-state index contributed by atoms with van der Waals surface area (Å²) >= 11 is 0. The minimum Gasteiger partial charge on any atom is -0.372 e. The van der Waals surface area contributed by atoms with Gasteiger partial charge in [0, 0.05) is 38.8 Å². The second-order valence-corrected chi connectivity index (χ2v) is 6.29. The Hall–Kier alpha value is -1.58. The van der Waals surface area contributed by atoms with E-state index in [-0.39, 0.29) is 5.41 Å². The molecule has 0 aromatic carbocycles. The van der Waals surface area contributed by atoms with Crippen LogP contribution in [0.3, 0.4) is 0 Å². The second-order valence-electron chi connectivity index (χ2n) is 6.29. The number of likely N-dealkylation sites (tertiary alicyclic amines) is 1. The number of likely N-dealkylation sites (N-methyl/N-ethyl adjacent to an activating group) is 1. The third kappa shape index (κ3) is 1.58. The largest absolute Gasteiger partial charge is 0.372 e. The van der Waals surface area contributed by atoms with E-state index in [1.807, 2.05) is 12.3 Å². The van der Waals surface area contributed by atoms with E-state index in [1.165, 1.54) is 11.4 Å². The van der Waals surface area contributed by atoms with Gasteiger partial charge in [-0.15, -0.1) is 0 Å². The summed E-state index contributed by atoms with van der Waals surface area (Å²) in [5.74, 6) is 0.710. The predicted octanol–water partition coefficient (Wildman–Crippen LogP) is 1.41. The highest BCUT2D eigenvalue weighted by molar-refractivity contribution is 5.81. The highest BCUT2D eigenvalue weighted by Crippen LogP contribution is 2.45. The van der Waals surface area contributed by atoms with Crippen molar-refractivity contribution >= 4 is 11.6 Å². The van der Waals surface area contributed by atoms with Gasteiger partial charge < -0.3 is 9.80 Å². The number of anilines is 1. The molecule has 3 aliphatic rings. The molecule has 100 valence electrons. The van der Waals surface area contributed by atoms with Crippen LogP contribution < -0.4 is 4.90 Å². The maximum atomic E-state index is 12.2. The summed E-state index contributed by atoms with van der Waals surface area (Å²) in [6, 6.07) is 4.14.